The number of nitrogens with zero attached hydrogens (tertiary/aromatic N) is 5. The predicted octanol–water partition coefficient (Wildman–Crippen LogP) is 2.60. The molecule has 9 heteroatoms. The number of ether oxygens (including phenoxy) is 1. The number of likely N-dealkylation sites (tertiary alicyclic amines) is 1. The van der Waals surface area contributed by atoms with Gasteiger partial charge >= 0.3 is 0 Å². The Morgan fingerprint density at radius 2 is 2.00 bits per heavy atom. The number of pyridine rings is 1. The summed E-state index contributed by atoms with van der Waals surface area (Å²) in [6, 6.07) is 7.16. The van der Waals surface area contributed by atoms with Crippen molar-refractivity contribution in [2.75, 3.05) is 19.7 Å². The third kappa shape index (κ3) is 4.27. The van der Waals surface area contributed by atoms with Gasteiger partial charge in [-0.3, -0.25) is 9.69 Å². The molecule has 3 heterocycles. The number of aliphatic hydroxyl groups is 1. The van der Waals surface area contributed by atoms with Crippen molar-refractivity contribution < 1.29 is 9.84 Å². The second kappa shape index (κ2) is 8.99. The lowest BCUT2D eigenvalue weighted by atomic mass is 9.97. The number of aromatic amines is 1. The molecule has 1 aromatic carbocycles. The molecule has 2 aromatic heterocycles. The van der Waals surface area contributed by atoms with Crippen molar-refractivity contribution in [2.24, 2.45) is 0 Å². The summed E-state index contributed by atoms with van der Waals surface area (Å²) in [6.45, 7) is 10.1. The number of hydrogen-bond donors (Lipinski definition) is 2. The highest BCUT2D eigenvalue weighted by Crippen LogP contribution is 2.32. The van der Waals surface area contributed by atoms with Gasteiger partial charge in [-0.25, -0.2) is 4.68 Å². The molecule has 2 N–H and O–H groups in total. The average Bonchev–Trinajstić information content (AvgIpc) is 3.26. The van der Waals surface area contributed by atoms with Gasteiger partial charge in [0.2, 0.25) is 0 Å². The molecule has 0 radical (unpaired) electrons. The lowest BCUT2D eigenvalue weighted by Crippen LogP contribution is -2.43. The van der Waals surface area contributed by atoms with Crippen LogP contribution in [-0.4, -0.2) is 61.0 Å². The summed E-state index contributed by atoms with van der Waals surface area (Å²) in [5.41, 5.74) is 0.869. The number of benzene rings is 1. The van der Waals surface area contributed by atoms with Crippen LogP contribution in [0.15, 0.2) is 29.1 Å². The van der Waals surface area contributed by atoms with Gasteiger partial charge in [0.1, 0.15) is 11.8 Å². The van der Waals surface area contributed by atoms with E-state index in [1.807, 2.05) is 35.9 Å². The fraction of sp³-hybridized carbons (Fsp3) is 0.565. The van der Waals surface area contributed by atoms with Crippen molar-refractivity contribution in [1.29, 1.82) is 0 Å². The Hall–Kier alpha value is -2.78. The summed E-state index contributed by atoms with van der Waals surface area (Å²) < 4.78 is 7.49. The van der Waals surface area contributed by atoms with E-state index < -0.39 is 6.04 Å². The molecular weight excluding hydrogens is 408 g/mol. The Balaban J connectivity index is 1.87. The van der Waals surface area contributed by atoms with E-state index in [9.17, 15) is 9.90 Å². The van der Waals surface area contributed by atoms with E-state index in [0.717, 1.165) is 23.1 Å². The first-order valence-electron chi connectivity index (χ1n) is 11.3. The first-order valence-corrected chi connectivity index (χ1v) is 11.3. The molecule has 0 bridgehead atoms. The molecule has 1 saturated heterocycles. The van der Waals surface area contributed by atoms with Crippen LogP contribution >= 0.6 is 0 Å². The number of H-pyrrole nitrogens is 1. The van der Waals surface area contributed by atoms with E-state index >= 15 is 0 Å². The molecule has 3 aromatic rings. The normalized spacial score (nSPS) is 17.0. The number of tetrazole rings is 1. The second-order valence-corrected chi connectivity index (χ2v) is 9.02. The molecule has 1 aliphatic rings. The van der Waals surface area contributed by atoms with Crippen LogP contribution in [0.25, 0.3) is 10.9 Å². The second-order valence-electron chi connectivity index (χ2n) is 9.02. The van der Waals surface area contributed by atoms with Crippen molar-refractivity contribution in [3.05, 3.63) is 46.0 Å². The molecule has 1 fully saturated rings. The number of aromatic nitrogens is 5. The third-order valence-corrected chi connectivity index (χ3v) is 6.49. The predicted molar refractivity (Wildman–Crippen MR) is 122 cm³/mol. The highest BCUT2D eigenvalue weighted by atomic mass is 16.5. The van der Waals surface area contributed by atoms with Gasteiger partial charge in [0, 0.05) is 29.6 Å². The number of rotatable bonds is 7. The summed E-state index contributed by atoms with van der Waals surface area (Å²) in [5.74, 6) is 1.40. The van der Waals surface area contributed by atoms with Crippen molar-refractivity contribution >= 4 is 10.9 Å². The van der Waals surface area contributed by atoms with Gasteiger partial charge < -0.3 is 14.8 Å². The quantitative estimate of drug-likeness (QED) is 0.581. The van der Waals surface area contributed by atoms with Crippen LogP contribution in [-0.2, 0) is 5.54 Å². The van der Waals surface area contributed by atoms with E-state index in [2.05, 4.69) is 46.2 Å². The van der Waals surface area contributed by atoms with Crippen LogP contribution in [0.4, 0.5) is 0 Å². The number of hydrogen-bond acceptors (Lipinski definition) is 7. The summed E-state index contributed by atoms with van der Waals surface area (Å²) in [6.07, 6.45) is 1.81. The lowest BCUT2D eigenvalue weighted by Gasteiger charge is -2.36. The molecule has 9 nitrogen and oxygen atoms in total. The highest BCUT2D eigenvalue weighted by molar-refractivity contribution is 5.80. The smallest absolute Gasteiger partial charge is 0.253 e. The van der Waals surface area contributed by atoms with Crippen LogP contribution in [0.3, 0.4) is 0 Å². The molecule has 1 aliphatic heterocycles. The Bertz CT molecular complexity index is 1130. The zero-order valence-electron chi connectivity index (χ0n) is 19.2. The van der Waals surface area contributed by atoms with Gasteiger partial charge in [-0.2, -0.15) is 0 Å². The minimum Gasteiger partial charge on any atom is -0.494 e. The van der Waals surface area contributed by atoms with Gasteiger partial charge in [-0.05, 0) is 74.7 Å². The zero-order valence-corrected chi connectivity index (χ0v) is 19.2. The Morgan fingerprint density at radius 3 is 2.69 bits per heavy atom. The first kappa shape index (κ1) is 22.4. The number of nitrogens with one attached hydrogen (secondary N) is 1. The molecule has 0 aliphatic carbocycles. The van der Waals surface area contributed by atoms with Gasteiger partial charge in [-0.15, -0.1) is 5.10 Å². The van der Waals surface area contributed by atoms with Crippen molar-refractivity contribution in [2.45, 2.75) is 64.6 Å². The van der Waals surface area contributed by atoms with Gasteiger partial charge in [-0.1, -0.05) is 6.92 Å². The number of piperidine rings is 1. The topological polar surface area (TPSA) is 109 Å². The SMILES string of the molecule is CCOc1ccc2[nH]c(=O)c([C@H](c3nnnn3C(C)(C)CC)N3CCC(O)CC3)cc2c1. The standard InChI is InChI=1S/C23H32N6O3/c1-5-23(3,4)29-21(25-26-27-29)20(28-11-9-16(30)10-12-28)18-14-15-13-17(32-6-2)7-8-19(15)24-22(18)31/h7-8,13-14,16,20,30H,5-6,9-12H2,1-4H3,(H,24,31)/t20-/m1/s1. The maximum Gasteiger partial charge on any atom is 0.253 e. The Morgan fingerprint density at radius 1 is 1.25 bits per heavy atom. The van der Waals surface area contributed by atoms with Gasteiger partial charge in [0.25, 0.3) is 5.56 Å². The molecule has 0 spiro atoms. The Kier molecular flexibility index (Phi) is 6.30. The first-order chi connectivity index (χ1) is 15.3. The molecule has 1 atom stereocenters. The van der Waals surface area contributed by atoms with Crippen molar-refractivity contribution in [3.63, 3.8) is 0 Å². The molecule has 0 unspecified atom stereocenters. The van der Waals surface area contributed by atoms with Gasteiger partial charge in [0.15, 0.2) is 5.82 Å². The Labute approximate surface area is 187 Å². The maximum absolute atomic E-state index is 13.3. The fourth-order valence-electron chi connectivity index (χ4n) is 4.25. The molecule has 0 saturated carbocycles. The van der Waals surface area contributed by atoms with E-state index in [4.69, 9.17) is 4.74 Å². The zero-order chi connectivity index (χ0) is 22.9. The van der Waals surface area contributed by atoms with Crippen LogP contribution in [0, 0.1) is 0 Å². The lowest BCUT2D eigenvalue weighted by molar-refractivity contribution is 0.0644. The molecule has 4 rings (SSSR count). The van der Waals surface area contributed by atoms with Crippen molar-refractivity contribution in [3.8, 4) is 5.75 Å². The number of aliphatic hydroxyl groups excluding tert-OH is 1. The third-order valence-electron chi connectivity index (χ3n) is 6.49. The molecule has 32 heavy (non-hydrogen) atoms. The minimum atomic E-state index is -0.424. The van der Waals surface area contributed by atoms with Crippen LogP contribution in [0.2, 0.25) is 0 Å². The summed E-state index contributed by atoms with van der Waals surface area (Å²) in [5, 5.41) is 23.6. The molecule has 172 valence electrons. The minimum absolute atomic E-state index is 0.165. The highest BCUT2D eigenvalue weighted by Gasteiger charge is 2.35. The van der Waals surface area contributed by atoms with E-state index in [1.54, 1.807) is 0 Å². The van der Waals surface area contributed by atoms with Crippen LogP contribution < -0.4 is 10.3 Å². The fourth-order valence-corrected chi connectivity index (χ4v) is 4.25. The monoisotopic (exact) mass is 440 g/mol. The van der Waals surface area contributed by atoms with Crippen LogP contribution in [0.5, 0.6) is 5.75 Å². The maximum atomic E-state index is 13.3. The van der Waals surface area contributed by atoms with Crippen LogP contribution in [0.1, 0.15) is 64.4 Å². The number of fused-ring (bicyclic) bond motifs is 1. The summed E-state index contributed by atoms with van der Waals surface area (Å²) in [4.78, 5) is 18.5. The van der Waals surface area contributed by atoms with E-state index in [0.29, 0.717) is 43.9 Å². The summed E-state index contributed by atoms with van der Waals surface area (Å²) >= 11 is 0. The van der Waals surface area contributed by atoms with Crippen molar-refractivity contribution in [1.82, 2.24) is 30.1 Å². The largest absolute Gasteiger partial charge is 0.494 e. The summed E-state index contributed by atoms with van der Waals surface area (Å²) in [7, 11) is 0. The average molecular weight is 441 g/mol. The molecular formula is C23H32N6O3. The van der Waals surface area contributed by atoms with E-state index in [-0.39, 0.29) is 17.2 Å². The molecule has 0 amide bonds. The van der Waals surface area contributed by atoms with Gasteiger partial charge in [0.05, 0.1) is 18.2 Å². The van der Waals surface area contributed by atoms with E-state index in [1.165, 1.54) is 0 Å².